The minimum Gasteiger partial charge on any atom is -0.497 e. The van der Waals surface area contributed by atoms with Crippen LogP contribution >= 0.6 is 0 Å². The van der Waals surface area contributed by atoms with Crippen LogP contribution in [-0.4, -0.2) is 31.8 Å². The summed E-state index contributed by atoms with van der Waals surface area (Å²) in [7, 11) is 3.36. The summed E-state index contributed by atoms with van der Waals surface area (Å²) in [6.07, 6.45) is 1.14. The van der Waals surface area contributed by atoms with Gasteiger partial charge in [-0.1, -0.05) is 6.92 Å². The Morgan fingerprint density at radius 1 is 1.17 bits per heavy atom. The second-order valence-electron chi connectivity index (χ2n) is 6.09. The predicted octanol–water partition coefficient (Wildman–Crippen LogP) is 3.61. The molecule has 5 nitrogen and oxygen atoms in total. The zero-order valence-electron chi connectivity index (χ0n) is 14.6. The average Bonchev–Trinajstić information content (AvgIpc) is 2.94. The number of rotatable bonds is 6. The van der Waals surface area contributed by atoms with Crippen molar-refractivity contribution in [3.63, 3.8) is 0 Å². The first-order valence-corrected chi connectivity index (χ1v) is 8.34. The molecule has 24 heavy (non-hydrogen) atoms. The van der Waals surface area contributed by atoms with Crippen LogP contribution in [0.5, 0.6) is 11.5 Å². The van der Waals surface area contributed by atoms with E-state index in [4.69, 9.17) is 18.6 Å². The van der Waals surface area contributed by atoms with Crippen molar-refractivity contribution in [2.45, 2.75) is 39.1 Å². The van der Waals surface area contributed by atoms with Gasteiger partial charge in [-0.2, -0.15) is 0 Å². The van der Waals surface area contributed by atoms with Gasteiger partial charge >= 0.3 is 0 Å². The van der Waals surface area contributed by atoms with Crippen molar-refractivity contribution in [3.05, 3.63) is 47.4 Å². The lowest BCUT2D eigenvalue weighted by Crippen LogP contribution is -2.31. The summed E-state index contributed by atoms with van der Waals surface area (Å²) < 4.78 is 22.5. The van der Waals surface area contributed by atoms with E-state index in [1.165, 1.54) is 0 Å². The maximum absolute atomic E-state index is 6.17. The van der Waals surface area contributed by atoms with Crippen LogP contribution in [0.1, 0.15) is 30.4 Å². The lowest BCUT2D eigenvalue weighted by molar-refractivity contribution is 0.130. The summed E-state index contributed by atoms with van der Waals surface area (Å²) in [6.45, 7) is 5.08. The maximum atomic E-state index is 6.17. The number of hydrogen-bond donors (Lipinski definition) is 0. The molecule has 0 bridgehead atoms. The minimum absolute atomic E-state index is 0.174. The van der Waals surface area contributed by atoms with Gasteiger partial charge in [-0.05, 0) is 36.8 Å². The number of ether oxygens (including phenoxy) is 3. The lowest BCUT2D eigenvalue weighted by atomic mass is 10.1. The van der Waals surface area contributed by atoms with Gasteiger partial charge in [-0.25, -0.2) is 0 Å². The zero-order valence-corrected chi connectivity index (χ0v) is 14.6. The molecule has 1 aliphatic rings. The molecule has 0 N–H and O–H groups in total. The van der Waals surface area contributed by atoms with Crippen LogP contribution in [0.3, 0.4) is 0 Å². The number of methoxy groups -OCH3 is 2. The predicted molar refractivity (Wildman–Crippen MR) is 91.2 cm³/mol. The molecule has 2 aromatic rings. The Bertz CT molecular complexity index is 667. The first-order chi connectivity index (χ1) is 11.7. The molecule has 0 fully saturated rings. The van der Waals surface area contributed by atoms with Gasteiger partial charge in [0, 0.05) is 25.8 Å². The Balaban J connectivity index is 1.78. The molecular weight excluding hydrogens is 306 g/mol. The van der Waals surface area contributed by atoms with E-state index < -0.39 is 0 Å². The second kappa shape index (κ2) is 7.73. The maximum Gasteiger partial charge on any atom is 0.129 e. The summed E-state index contributed by atoms with van der Waals surface area (Å²) in [6, 6.07) is 10.0. The van der Waals surface area contributed by atoms with Gasteiger partial charge < -0.3 is 18.6 Å². The zero-order chi connectivity index (χ0) is 16.9. The fourth-order valence-corrected chi connectivity index (χ4v) is 3.01. The molecule has 0 spiro atoms. The number of hydrogen-bond acceptors (Lipinski definition) is 5. The number of furan rings is 1. The molecule has 0 radical (unpaired) electrons. The third kappa shape index (κ3) is 3.91. The van der Waals surface area contributed by atoms with E-state index in [0.717, 1.165) is 54.6 Å². The van der Waals surface area contributed by atoms with Gasteiger partial charge in [-0.15, -0.1) is 0 Å². The molecule has 1 atom stereocenters. The van der Waals surface area contributed by atoms with E-state index in [0.29, 0.717) is 6.61 Å². The highest BCUT2D eigenvalue weighted by Gasteiger charge is 2.23. The van der Waals surface area contributed by atoms with Crippen molar-refractivity contribution in [3.8, 4) is 11.5 Å². The SMILES string of the molecule is CCC1CN(Cc2ccc(COC)o2)Cc2cc(OC)ccc2O1. The monoisotopic (exact) mass is 331 g/mol. The van der Waals surface area contributed by atoms with Crippen LogP contribution in [0, 0.1) is 0 Å². The highest BCUT2D eigenvalue weighted by atomic mass is 16.5. The van der Waals surface area contributed by atoms with Gasteiger partial charge in [0.2, 0.25) is 0 Å². The van der Waals surface area contributed by atoms with Crippen LogP contribution in [0.25, 0.3) is 0 Å². The Morgan fingerprint density at radius 2 is 2.00 bits per heavy atom. The van der Waals surface area contributed by atoms with E-state index in [1.54, 1.807) is 14.2 Å². The highest BCUT2D eigenvalue weighted by Crippen LogP contribution is 2.30. The quantitative estimate of drug-likeness (QED) is 0.809. The Kier molecular flexibility index (Phi) is 5.43. The fraction of sp³-hybridized carbons (Fsp3) is 0.474. The average molecular weight is 331 g/mol. The lowest BCUT2D eigenvalue weighted by Gasteiger charge is -2.22. The standard InChI is InChI=1S/C19H25NO4/c1-4-15-11-20(12-17-5-6-18(23-17)13-21-2)10-14-9-16(22-3)7-8-19(14)24-15/h5-9,15H,4,10-13H2,1-3H3. The Labute approximate surface area is 143 Å². The summed E-state index contributed by atoms with van der Waals surface area (Å²) in [5, 5.41) is 0. The highest BCUT2D eigenvalue weighted by molar-refractivity contribution is 5.41. The third-order valence-corrected chi connectivity index (χ3v) is 4.26. The molecule has 0 saturated heterocycles. The van der Waals surface area contributed by atoms with Crippen LogP contribution in [0.2, 0.25) is 0 Å². The summed E-state index contributed by atoms with van der Waals surface area (Å²) in [5.41, 5.74) is 1.15. The molecule has 2 heterocycles. The van der Waals surface area contributed by atoms with Gasteiger partial charge in [-0.3, -0.25) is 4.90 Å². The largest absolute Gasteiger partial charge is 0.497 e. The van der Waals surface area contributed by atoms with Crippen LogP contribution in [0.4, 0.5) is 0 Å². The van der Waals surface area contributed by atoms with Crippen LogP contribution in [-0.2, 0) is 24.4 Å². The Morgan fingerprint density at radius 3 is 2.75 bits per heavy atom. The van der Waals surface area contributed by atoms with Crippen molar-refractivity contribution in [2.24, 2.45) is 0 Å². The molecular formula is C19H25NO4. The van der Waals surface area contributed by atoms with E-state index in [1.807, 2.05) is 24.3 Å². The summed E-state index contributed by atoms with van der Waals surface area (Å²) in [5.74, 6) is 3.60. The van der Waals surface area contributed by atoms with Crippen molar-refractivity contribution < 1.29 is 18.6 Å². The smallest absolute Gasteiger partial charge is 0.129 e. The van der Waals surface area contributed by atoms with E-state index >= 15 is 0 Å². The fourth-order valence-electron chi connectivity index (χ4n) is 3.01. The topological polar surface area (TPSA) is 44.1 Å². The van der Waals surface area contributed by atoms with E-state index in [2.05, 4.69) is 17.9 Å². The summed E-state index contributed by atoms with van der Waals surface area (Å²) in [4.78, 5) is 2.36. The third-order valence-electron chi connectivity index (χ3n) is 4.26. The summed E-state index contributed by atoms with van der Waals surface area (Å²) >= 11 is 0. The molecule has 1 aliphatic heterocycles. The molecule has 1 aromatic heterocycles. The first-order valence-electron chi connectivity index (χ1n) is 8.34. The van der Waals surface area contributed by atoms with Crippen molar-refractivity contribution in [1.82, 2.24) is 4.90 Å². The normalized spacial score (nSPS) is 17.9. The number of fused-ring (bicyclic) bond motifs is 1. The van der Waals surface area contributed by atoms with Crippen molar-refractivity contribution >= 4 is 0 Å². The van der Waals surface area contributed by atoms with Gasteiger partial charge in [0.05, 0.1) is 13.7 Å². The molecule has 3 rings (SSSR count). The van der Waals surface area contributed by atoms with E-state index in [9.17, 15) is 0 Å². The second-order valence-corrected chi connectivity index (χ2v) is 6.09. The molecule has 1 unspecified atom stereocenters. The van der Waals surface area contributed by atoms with Crippen LogP contribution in [0.15, 0.2) is 34.7 Å². The first kappa shape index (κ1) is 16.9. The van der Waals surface area contributed by atoms with Gasteiger partial charge in [0.1, 0.15) is 35.7 Å². The van der Waals surface area contributed by atoms with Gasteiger partial charge in [0.15, 0.2) is 0 Å². The van der Waals surface area contributed by atoms with Crippen molar-refractivity contribution in [2.75, 3.05) is 20.8 Å². The van der Waals surface area contributed by atoms with E-state index in [-0.39, 0.29) is 6.10 Å². The number of benzene rings is 1. The Hall–Kier alpha value is -1.98. The molecule has 5 heteroatoms. The number of nitrogens with zero attached hydrogens (tertiary/aromatic N) is 1. The molecule has 0 saturated carbocycles. The van der Waals surface area contributed by atoms with Crippen molar-refractivity contribution in [1.29, 1.82) is 0 Å². The molecule has 0 amide bonds. The minimum atomic E-state index is 0.174. The van der Waals surface area contributed by atoms with Gasteiger partial charge in [0.25, 0.3) is 0 Å². The molecule has 130 valence electrons. The molecule has 1 aromatic carbocycles. The van der Waals surface area contributed by atoms with Crippen LogP contribution < -0.4 is 9.47 Å². The molecule has 0 aliphatic carbocycles.